The quantitative estimate of drug-likeness (QED) is 0.222. The van der Waals surface area contributed by atoms with Crippen LogP contribution < -0.4 is 10.8 Å². The van der Waals surface area contributed by atoms with Crippen LogP contribution in [0.25, 0.3) is 0 Å². The standard InChI is InChI=1S/C20H33BINO6/c1-5-6-10-27-13-14(12-24)29-21-18-15(8-7-9-16(18)22)17(25)11-23-19(26)28-20(2,3)4/h7-9,14,17,21,24-25H,5-6,10-13H2,1-4H3,(H,23,26). The first-order valence-electron chi connectivity index (χ1n) is 9.90. The molecule has 1 aromatic rings. The minimum atomic E-state index is -0.913. The number of carbonyl (C=O) groups is 1. The summed E-state index contributed by atoms with van der Waals surface area (Å²) in [5.41, 5.74) is 0.879. The molecule has 2 atom stereocenters. The summed E-state index contributed by atoms with van der Waals surface area (Å²) in [6.45, 7) is 8.26. The Morgan fingerprint density at radius 2 is 2.07 bits per heavy atom. The molecule has 9 heteroatoms. The summed E-state index contributed by atoms with van der Waals surface area (Å²) >= 11 is 2.18. The van der Waals surface area contributed by atoms with Crippen molar-refractivity contribution in [2.24, 2.45) is 0 Å². The molecule has 0 fully saturated rings. The van der Waals surface area contributed by atoms with Crippen molar-refractivity contribution in [3.63, 3.8) is 0 Å². The molecule has 1 amide bonds. The maximum absolute atomic E-state index is 11.8. The summed E-state index contributed by atoms with van der Waals surface area (Å²) in [5, 5.41) is 22.7. The van der Waals surface area contributed by atoms with Crippen LogP contribution in [-0.4, -0.2) is 61.9 Å². The second-order valence-corrected chi connectivity index (χ2v) is 8.91. The molecule has 0 aliphatic rings. The van der Waals surface area contributed by atoms with Crippen LogP contribution in [0.1, 0.15) is 52.2 Å². The van der Waals surface area contributed by atoms with Gasteiger partial charge in [-0.15, -0.1) is 0 Å². The van der Waals surface area contributed by atoms with Crippen LogP contribution in [0.3, 0.4) is 0 Å². The molecule has 0 radical (unpaired) electrons. The summed E-state index contributed by atoms with van der Waals surface area (Å²) in [5.74, 6) is 0. The maximum atomic E-state index is 11.8. The van der Waals surface area contributed by atoms with Gasteiger partial charge in [-0.25, -0.2) is 4.79 Å². The second kappa shape index (κ2) is 13.4. The lowest BCUT2D eigenvalue weighted by Crippen LogP contribution is -2.37. The normalized spacial score (nSPS) is 13.6. The van der Waals surface area contributed by atoms with E-state index in [2.05, 4.69) is 34.8 Å². The highest BCUT2D eigenvalue weighted by molar-refractivity contribution is 14.1. The Balaban J connectivity index is 2.68. The number of nitrogens with one attached hydrogen (secondary N) is 1. The van der Waals surface area contributed by atoms with E-state index in [1.165, 1.54) is 0 Å². The maximum Gasteiger partial charge on any atom is 0.407 e. The number of unbranched alkanes of at least 4 members (excludes halogenated alkanes) is 1. The lowest BCUT2D eigenvalue weighted by Gasteiger charge is -2.22. The van der Waals surface area contributed by atoms with Gasteiger partial charge >= 0.3 is 13.6 Å². The predicted octanol–water partition coefficient (Wildman–Crippen LogP) is 2.02. The number of hydrogen-bond donors (Lipinski definition) is 3. The van der Waals surface area contributed by atoms with Crippen LogP contribution >= 0.6 is 22.6 Å². The number of benzene rings is 1. The van der Waals surface area contributed by atoms with Gasteiger partial charge in [0.15, 0.2) is 0 Å². The average molecular weight is 521 g/mol. The number of alkyl carbamates (subject to hydrolysis) is 1. The number of carbonyl (C=O) groups excluding carboxylic acids is 1. The molecule has 2 unspecified atom stereocenters. The van der Waals surface area contributed by atoms with E-state index in [9.17, 15) is 15.0 Å². The van der Waals surface area contributed by atoms with Crippen LogP contribution in [0.15, 0.2) is 18.2 Å². The SMILES string of the molecule is CCCCOCC(CO)OBc1c(I)cccc1C(O)CNC(=O)OC(C)(C)C. The van der Waals surface area contributed by atoms with Crippen molar-refractivity contribution < 1.29 is 29.1 Å². The highest BCUT2D eigenvalue weighted by Crippen LogP contribution is 2.14. The van der Waals surface area contributed by atoms with Crippen molar-refractivity contribution in [3.05, 3.63) is 27.3 Å². The van der Waals surface area contributed by atoms with Crippen LogP contribution in [0.2, 0.25) is 0 Å². The first-order chi connectivity index (χ1) is 13.7. The van der Waals surface area contributed by atoms with Gasteiger partial charge in [-0.1, -0.05) is 25.5 Å². The number of aliphatic hydroxyl groups is 2. The number of hydrogen-bond acceptors (Lipinski definition) is 6. The summed E-state index contributed by atoms with van der Waals surface area (Å²) in [6.07, 6.45) is 0.0859. The molecule has 164 valence electrons. The van der Waals surface area contributed by atoms with E-state index in [4.69, 9.17) is 14.1 Å². The first kappa shape index (κ1) is 26.2. The van der Waals surface area contributed by atoms with Gasteiger partial charge in [-0.2, -0.15) is 0 Å². The number of aliphatic hydroxyl groups excluding tert-OH is 2. The Morgan fingerprint density at radius 1 is 1.34 bits per heavy atom. The van der Waals surface area contributed by atoms with Gasteiger partial charge in [-0.05, 0) is 66.9 Å². The molecule has 29 heavy (non-hydrogen) atoms. The molecule has 3 N–H and O–H groups in total. The highest BCUT2D eigenvalue weighted by atomic mass is 127. The van der Waals surface area contributed by atoms with E-state index in [0.717, 1.165) is 21.9 Å². The summed E-state index contributed by atoms with van der Waals surface area (Å²) in [4.78, 5) is 11.8. The van der Waals surface area contributed by atoms with E-state index < -0.39 is 23.9 Å². The number of amides is 1. The predicted molar refractivity (Wildman–Crippen MR) is 123 cm³/mol. The van der Waals surface area contributed by atoms with Gasteiger partial charge in [0.25, 0.3) is 0 Å². The van der Waals surface area contributed by atoms with Gasteiger partial charge in [-0.3, -0.25) is 0 Å². The minimum absolute atomic E-state index is 0.0194. The van der Waals surface area contributed by atoms with Crippen molar-refractivity contribution in [1.82, 2.24) is 5.32 Å². The second-order valence-electron chi connectivity index (χ2n) is 7.75. The fourth-order valence-electron chi connectivity index (χ4n) is 2.46. The summed E-state index contributed by atoms with van der Waals surface area (Å²) in [7, 11) is 0.223. The topological polar surface area (TPSA) is 97.3 Å². The molecule has 0 bridgehead atoms. The third-order valence-electron chi connectivity index (χ3n) is 3.97. The fraction of sp³-hybridized carbons (Fsp3) is 0.650. The minimum Gasteiger partial charge on any atom is -0.444 e. The van der Waals surface area contributed by atoms with Crippen molar-refractivity contribution in [2.45, 2.75) is 58.3 Å². The zero-order valence-corrected chi connectivity index (χ0v) is 19.9. The molecule has 7 nitrogen and oxygen atoms in total. The third kappa shape index (κ3) is 10.6. The van der Waals surface area contributed by atoms with Crippen LogP contribution in [0.4, 0.5) is 4.79 Å². The molecule has 1 aromatic carbocycles. The lowest BCUT2D eigenvalue weighted by molar-refractivity contribution is 0.0216. The van der Waals surface area contributed by atoms with Gasteiger partial charge < -0.3 is 29.7 Å². The van der Waals surface area contributed by atoms with E-state index in [1.54, 1.807) is 26.8 Å². The van der Waals surface area contributed by atoms with Gasteiger partial charge in [0.1, 0.15) is 5.60 Å². The van der Waals surface area contributed by atoms with Gasteiger partial charge in [0.05, 0.1) is 32.0 Å². The van der Waals surface area contributed by atoms with Crippen molar-refractivity contribution >= 4 is 41.6 Å². The molecule has 0 saturated carbocycles. The Bertz CT molecular complexity index is 625. The van der Waals surface area contributed by atoms with E-state index in [1.807, 2.05) is 12.1 Å². The lowest BCUT2D eigenvalue weighted by atomic mass is 9.81. The molecule has 0 spiro atoms. The fourth-order valence-corrected chi connectivity index (χ4v) is 3.13. The third-order valence-corrected chi connectivity index (χ3v) is 4.98. The summed E-state index contributed by atoms with van der Waals surface area (Å²) < 4.78 is 17.5. The van der Waals surface area contributed by atoms with Crippen molar-refractivity contribution in [3.8, 4) is 0 Å². The van der Waals surface area contributed by atoms with Crippen molar-refractivity contribution in [1.29, 1.82) is 0 Å². The number of halogens is 1. The summed E-state index contributed by atoms with van der Waals surface area (Å²) in [6, 6.07) is 5.56. The van der Waals surface area contributed by atoms with Crippen molar-refractivity contribution in [2.75, 3.05) is 26.4 Å². The van der Waals surface area contributed by atoms with Crippen LogP contribution in [-0.2, 0) is 14.1 Å². The Labute approximate surface area is 187 Å². The highest BCUT2D eigenvalue weighted by Gasteiger charge is 2.21. The van der Waals surface area contributed by atoms with Gasteiger partial charge in [0, 0.05) is 10.2 Å². The van der Waals surface area contributed by atoms with Crippen LogP contribution in [0, 0.1) is 3.57 Å². The molecule has 0 saturated heterocycles. The van der Waals surface area contributed by atoms with Crippen LogP contribution in [0.5, 0.6) is 0 Å². The monoisotopic (exact) mass is 521 g/mol. The number of ether oxygens (including phenoxy) is 2. The zero-order chi connectivity index (χ0) is 21.9. The molecular weight excluding hydrogens is 488 g/mol. The van der Waals surface area contributed by atoms with E-state index in [0.29, 0.717) is 18.8 Å². The Morgan fingerprint density at radius 3 is 2.69 bits per heavy atom. The van der Waals surface area contributed by atoms with E-state index >= 15 is 0 Å². The molecule has 0 aliphatic heterocycles. The zero-order valence-electron chi connectivity index (χ0n) is 17.7. The van der Waals surface area contributed by atoms with Gasteiger partial charge in [0.2, 0.25) is 0 Å². The molecule has 0 aliphatic carbocycles. The largest absolute Gasteiger partial charge is 0.444 e. The molecule has 0 heterocycles. The Kier molecular flexibility index (Phi) is 12.1. The Hall–Kier alpha value is -0.875. The smallest absolute Gasteiger partial charge is 0.407 e. The van der Waals surface area contributed by atoms with E-state index in [-0.39, 0.29) is 20.6 Å². The number of rotatable bonds is 12. The molecule has 0 aromatic heterocycles. The molecular formula is C20H33BINO6. The average Bonchev–Trinajstić information content (AvgIpc) is 2.65. The first-order valence-corrected chi connectivity index (χ1v) is 11.0. The molecule has 1 rings (SSSR count).